The Kier molecular flexibility index (Phi) is 5.41. The van der Waals surface area contributed by atoms with E-state index in [0.717, 1.165) is 19.2 Å². The summed E-state index contributed by atoms with van der Waals surface area (Å²) in [6, 6.07) is 5.41. The quantitative estimate of drug-likeness (QED) is 0.588. The fourth-order valence-electron chi connectivity index (χ4n) is 2.71. The number of nitro groups is 1. The average Bonchev–Trinajstić information content (AvgIpc) is 2.66. The van der Waals surface area contributed by atoms with E-state index in [2.05, 4.69) is 25.7 Å². The van der Waals surface area contributed by atoms with E-state index in [9.17, 15) is 19.3 Å². The smallest absolute Gasteiger partial charge is 0.348 e. The first-order valence-electron chi connectivity index (χ1n) is 8.21. The van der Waals surface area contributed by atoms with Gasteiger partial charge in [0.15, 0.2) is 0 Å². The summed E-state index contributed by atoms with van der Waals surface area (Å²) in [7, 11) is 1.97. The SMILES string of the molecule is CN1CCN(c2ncnc(NNC(=O)c3ccccc3F)c2[N+](=O)[O-])CC1. The summed E-state index contributed by atoms with van der Waals surface area (Å²) < 4.78 is 13.7. The maximum Gasteiger partial charge on any atom is 0.355 e. The first-order chi connectivity index (χ1) is 13.0. The number of aromatic nitrogens is 2. The molecule has 0 radical (unpaired) electrons. The van der Waals surface area contributed by atoms with E-state index in [1.54, 1.807) is 4.90 Å². The van der Waals surface area contributed by atoms with Gasteiger partial charge in [0.25, 0.3) is 5.91 Å². The average molecular weight is 375 g/mol. The first kappa shape index (κ1) is 18.5. The number of hydrogen-bond donors (Lipinski definition) is 2. The summed E-state index contributed by atoms with van der Waals surface area (Å²) in [5.74, 6) is -1.48. The van der Waals surface area contributed by atoms with Crippen molar-refractivity contribution in [2.24, 2.45) is 0 Å². The van der Waals surface area contributed by atoms with Crippen molar-refractivity contribution in [1.82, 2.24) is 20.3 Å². The maximum absolute atomic E-state index is 13.7. The zero-order valence-electron chi connectivity index (χ0n) is 14.6. The predicted molar refractivity (Wildman–Crippen MR) is 95.9 cm³/mol. The van der Waals surface area contributed by atoms with Crippen LogP contribution in [-0.2, 0) is 0 Å². The number of piperazine rings is 1. The van der Waals surface area contributed by atoms with Crippen LogP contribution in [0.25, 0.3) is 0 Å². The van der Waals surface area contributed by atoms with Crippen molar-refractivity contribution in [1.29, 1.82) is 0 Å². The Morgan fingerprint density at radius 2 is 1.93 bits per heavy atom. The molecule has 1 aliphatic heterocycles. The van der Waals surface area contributed by atoms with Crippen LogP contribution in [0.1, 0.15) is 10.4 Å². The molecule has 27 heavy (non-hydrogen) atoms. The van der Waals surface area contributed by atoms with Gasteiger partial charge in [0, 0.05) is 26.2 Å². The van der Waals surface area contributed by atoms with Crippen LogP contribution in [0.4, 0.5) is 21.7 Å². The van der Waals surface area contributed by atoms with Crippen molar-refractivity contribution in [3.63, 3.8) is 0 Å². The Labute approximate surface area is 154 Å². The van der Waals surface area contributed by atoms with Gasteiger partial charge in [-0.15, -0.1) is 0 Å². The minimum absolute atomic E-state index is 0.172. The van der Waals surface area contributed by atoms with Crippen LogP contribution in [0, 0.1) is 15.9 Å². The fourth-order valence-corrected chi connectivity index (χ4v) is 2.71. The molecule has 0 saturated carbocycles. The molecule has 2 N–H and O–H groups in total. The van der Waals surface area contributed by atoms with Crippen LogP contribution in [0.2, 0.25) is 0 Å². The van der Waals surface area contributed by atoms with Crippen molar-refractivity contribution >= 4 is 23.2 Å². The standard InChI is InChI=1S/C16H18FN7O3/c1-22-6-8-23(9-7-22)15-13(24(26)27)14(18-10-19-15)20-21-16(25)11-4-2-3-5-12(11)17/h2-5,10H,6-9H2,1H3,(H,21,25)(H,18,19,20). The third-order valence-electron chi connectivity index (χ3n) is 4.20. The van der Waals surface area contributed by atoms with Gasteiger partial charge >= 0.3 is 5.69 Å². The normalized spacial score (nSPS) is 14.7. The molecule has 1 amide bonds. The minimum Gasteiger partial charge on any atom is -0.348 e. The highest BCUT2D eigenvalue weighted by Gasteiger charge is 2.29. The molecule has 0 aliphatic carbocycles. The van der Waals surface area contributed by atoms with E-state index in [-0.39, 0.29) is 22.9 Å². The Morgan fingerprint density at radius 1 is 1.22 bits per heavy atom. The van der Waals surface area contributed by atoms with Gasteiger partial charge in [0.1, 0.15) is 12.1 Å². The summed E-state index contributed by atoms with van der Waals surface area (Å²) >= 11 is 0. The molecule has 1 aliphatic rings. The van der Waals surface area contributed by atoms with Crippen LogP contribution in [0.5, 0.6) is 0 Å². The third kappa shape index (κ3) is 4.08. The Balaban J connectivity index is 1.81. The summed E-state index contributed by atoms with van der Waals surface area (Å²) in [6.45, 7) is 2.65. The largest absolute Gasteiger partial charge is 0.355 e. The summed E-state index contributed by atoms with van der Waals surface area (Å²) in [5, 5.41) is 11.6. The first-order valence-corrected chi connectivity index (χ1v) is 8.21. The zero-order chi connectivity index (χ0) is 19.4. The van der Waals surface area contributed by atoms with Gasteiger partial charge in [-0.25, -0.2) is 14.4 Å². The molecule has 1 fully saturated rings. The number of rotatable bonds is 5. The van der Waals surface area contributed by atoms with Gasteiger partial charge < -0.3 is 9.80 Å². The number of anilines is 2. The Hall–Kier alpha value is -3.34. The van der Waals surface area contributed by atoms with Gasteiger partial charge in [-0.2, -0.15) is 0 Å². The van der Waals surface area contributed by atoms with Crippen LogP contribution < -0.4 is 15.8 Å². The van der Waals surface area contributed by atoms with Crippen molar-refractivity contribution in [2.45, 2.75) is 0 Å². The van der Waals surface area contributed by atoms with Crippen molar-refractivity contribution in [3.05, 3.63) is 52.1 Å². The van der Waals surface area contributed by atoms with E-state index in [1.165, 1.54) is 24.5 Å². The van der Waals surface area contributed by atoms with Crippen molar-refractivity contribution in [2.75, 3.05) is 43.6 Å². The van der Waals surface area contributed by atoms with Gasteiger partial charge in [-0.1, -0.05) is 12.1 Å². The Bertz CT molecular complexity index is 856. The highest BCUT2D eigenvalue weighted by molar-refractivity contribution is 5.95. The molecule has 1 aromatic heterocycles. The number of hydrazine groups is 1. The summed E-state index contributed by atoms with van der Waals surface area (Å²) in [4.78, 5) is 34.9. The highest BCUT2D eigenvalue weighted by atomic mass is 19.1. The lowest BCUT2D eigenvalue weighted by Crippen LogP contribution is -2.45. The molecule has 11 heteroatoms. The number of carbonyl (C=O) groups is 1. The van der Waals surface area contributed by atoms with Gasteiger partial charge in [-0.3, -0.25) is 25.8 Å². The maximum atomic E-state index is 13.7. The fraction of sp³-hybridized carbons (Fsp3) is 0.312. The molecule has 0 bridgehead atoms. The van der Waals surface area contributed by atoms with Gasteiger partial charge in [-0.05, 0) is 19.2 Å². The lowest BCUT2D eigenvalue weighted by Gasteiger charge is -2.32. The van der Waals surface area contributed by atoms with Crippen LogP contribution >= 0.6 is 0 Å². The molecule has 2 aromatic rings. The number of amides is 1. The van der Waals surface area contributed by atoms with E-state index < -0.39 is 16.6 Å². The molecular formula is C16H18FN7O3. The topological polar surface area (TPSA) is 117 Å². The number of likely N-dealkylation sites (N-methyl/N-ethyl adjacent to an activating group) is 1. The molecule has 1 saturated heterocycles. The second-order valence-corrected chi connectivity index (χ2v) is 6.00. The van der Waals surface area contributed by atoms with Gasteiger partial charge in [0.2, 0.25) is 11.6 Å². The predicted octanol–water partition coefficient (Wildman–Crippen LogP) is 1.03. The number of hydrogen-bond acceptors (Lipinski definition) is 8. The molecule has 142 valence electrons. The molecule has 3 rings (SSSR count). The van der Waals surface area contributed by atoms with E-state index in [1.807, 2.05) is 7.05 Å². The molecule has 1 aromatic carbocycles. The third-order valence-corrected chi connectivity index (χ3v) is 4.20. The number of nitrogens with one attached hydrogen (secondary N) is 2. The minimum atomic E-state index is -0.776. The lowest BCUT2D eigenvalue weighted by atomic mass is 10.2. The number of halogens is 1. The van der Waals surface area contributed by atoms with Crippen molar-refractivity contribution in [3.8, 4) is 0 Å². The molecule has 2 heterocycles. The molecular weight excluding hydrogens is 357 g/mol. The summed E-state index contributed by atoms with van der Waals surface area (Å²) in [6.07, 6.45) is 1.18. The van der Waals surface area contributed by atoms with E-state index in [4.69, 9.17) is 0 Å². The highest BCUT2D eigenvalue weighted by Crippen LogP contribution is 2.31. The lowest BCUT2D eigenvalue weighted by molar-refractivity contribution is -0.383. The van der Waals surface area contributed by atoms with E-state index in [0.29, 0.717) is 13.1 Å². The summed E-state index contributed by atoms with van der Waals surface area (Å²) in [5.41, 5.74) is 4.11. The number of nitrogens with zero attached hydrogens (tertiary/aromatic N) is 5. The van der Waals surface area contributed by atoms with Crippen LogP contribution in [0.3, 0.4) is 0 Å². The zero-order valence-corrected chi connectivity index (χ0v) is 14.6. The molecule has 0 unspecified atom stereocenters. The number of benzene rings is 1. The molecule has 0 atom stereocenters. The van der Waals surface area contributed by atoms with Gasteiger partial charge in [0.05, 0.1) is 10.5 Å². The van der Waals surface area contributed by atoms with E-state index >= 15 is 0 Å². The van der Waals surface area contributed by atoms with Crippen LogP contribution in [-0.4, -0.2) is 58.9 Å². The van der Waals surface area contributed by atoms with Crippen molar-refractivity contribution < 1.29 is 14.1 Å². The monoisotopic (exact) mass is 375 g/mol. The Morgan fingerprint density at radius 3 is 2.59 bits per heavy atom. The second kappa shape index (κ2) is 7.91. The second-order valence-electron chi connectivity index (χ2n) is 6.00. The molecule has 0 spiro atoms. The molecule has 10 nitrogen and oxygen atoms in total. The number of carbonyl (C=O) groups excluding carboxylic acids is 1. The van der Waals surface area contributed by atoms with Crippen LogP contribution in [0.15, 0.2) is 30.6 Å².